The fourth-order valence-electron chi connectivity index (χ4n) is 2.39. The van der Waals surface area contributed by atoms with E-state index in [0.717, 1.165) is 16.5 Å². The summed E-state index contributed by atoms with van der Waals surface area (Å²) in [6.45, 7) is 0. The summed E-state index contributed by atoms with van der Waals surface area (Å²) in [7, 11) is 1.59. The van der Waals surface area contributed by atoms with Crippen LogP contribution in [0.4, 0.5) is 5.69 Å². The van der Waals surface area contributed by atoms with E-state index < -0.39 is 0 Å². The number of rotatable bonds is 4. The smallest absolute Gasteiger partial charge is 0.228 e. The predicted octanol–water partition coefficient (Wildman–Crippen LogP) is 4.08. The van der Waals surface area contributed by atoms with Crippen LogP contribution in [0.1, 0.15) is 5.56 Å². The molecule has 0 radical (unpaired) electrons. The molecule has 2 aromatic carbocycles. The lowest BCUT2D eigenvalue weighted by molar-refractivity contribution is -0.115. The van der Waals surface area contributed by atoms with Gasteiger partial charge in [0, 0.05) is 22.7 Å². The molecule has 0 aliphatic carbocycles. The highest BCUT2D eigenvalue weighted by Crippen LogP contribution is 2.28. The third-order valence-electron chi connectivity index (χ3n) is 3.50. The minimum absolute atomic E-state index is 0.154. The SMILES string of the molecule is COc1cc(NC(=O)Cc2ccccc2Cl)c2ncccc2c1. The largest absolute Gasteiger partial charge is 0.497 e. The number of fused-ring (bicyclic) bond motifs is 1. The second-order valence-electron chi connectivity index (χ2n) is 5.07. The normalized spacial score (nSPS) is 10.5. The summed E-state index contributed by atoms with van der Waals surface area (Å²) < 4.78 is 5.28. The molecule has 1 aromatic heterocycles. The number of ether oxygens (including phenoxy) is 1. The lowest BCUT2D eigenvalue weighted by Crippen LogP contribution is -2.15. The first-order valence-electron chi connectivity index (χ1n) is 7.13. The molecule has 0 saturated heterocycles. The van der Waals surface area contributed by atoms with E-state index >= 15 is 0 Å². The second-order valence-corrected chi connectivity index (χ2v) is 5.47. The van der Waals surface area contributed by atoms with E-state index in [0.29, 0.717) is 16.5 Å². The van der Waals surface area contributed by atoms with Gasteiger partial charge in [-0.3, -0.25) is 9.78 Å². The Balaban J connectivity index is 1.89. The number of nitrogens with one attached hydrogen (secondary N) is 1. The fourth-order valence-corrected chi connectivity index (χ4v) is 2.59. The number of aromatic nitrogens is 1. The van der Waals surface area contributed by atoms with E-state index in [1.54, 1.807) is 25.4 Å². The van der Waals surface area contributed by atoms with Crippen LogP contribution in [0.2, 0.25) is 5.02 Å². The molecule has 0 aliphatic heterocycles. The molecule has 3 aromatic rings. The monoisotopic (exact) mass is 326 g/mol. The van der Waals surface area contributed by atoms with Gasteiger partial charge in [-0.25, -0.2) is 0 Å². The van der Waals surface area contributed by atoms with Crippen LogP contribution in [0.3, 0.4) is 0 Å². The van der Waals surface area contributed by atoms with Crippen molar-refractivity contribution >= 4 is 34.1 Å². The molecule has 0 saturated carbocycles. The molecule has 3 rings (SSSR count). The zero-order chi connectivity index (χ0) is 16.2. The van der Waals surface area contributed by atoms with Crippen LogP contribution in [0.25, 0.3) is 10.9 Å². The van der Waals surface area contributed by atoms with Gasteiger partial charge in [-0.15, -0.1) is 0 Å². The third-order valence-corrected chi connectivity index (χ3v) is 3.87. The van der Waals surface area contributed by atoms with Crippen molar-refractivity contribution in [1.82, 2.24) is 4.98 Å². The topological polar surface area (TPSA) is 51.2 Å². The molecule has 5 heteroatoms. The van der Waals surface area contributed by atoms with Crippen LogP contribution in [-0.4, -0.2) is 18.0 Å². The summed E-state index contributed by atoms with van der Waals surface area (Å²) in [4.78, 5) is 16.7. The summed E-state index contributed by atoms with van der Waals surface area (Å²) in [5.74, 6) is 0.511. The summed E-state index contributed by atoms with van der Waals surface area (Å²) in [5, 5.41) is 4.38. The highest BCUT2D eigenvalue weighted by molar-refractivity contribution is 6.31. The third kappa shape index (κ3) is 3.43. The first-order chi connectivity index (χ1) is 11.2. The highest BCUT2D eigenvalue weighted by Gasteiger charge is 2.11. The highest BCUT2D eigenvalue weighted by atomic mass is 35.5. The van der Waals surface area contributed by atoms with Crippen molar-refractivity contribution in [2.75, 3.05) is 12.4 Å². The molecule has 0 aliphatic rings. The first kappa shape index (κ1) is 15.3. The number of benzene rings is 2. The van der Waals surface area contributed by atoms with E-state index in [9.17, 15) is 4.79 Å². The van der Waals surface area contributed by atoms with Crippen molar-refractivity contribution in [3.63, 3.8) is 0 Å². The molecule has 1 N–H and O–H groups in total. The Hall–Kier alpha value is -2.59. The van der Waals surface area contributed by atoms with Gasteiger partial charge in [0.05, 0.1) is 24.7 Å². The molecular formula is C18H15ClN2O2. The second kappa shape index (κ2) is 6.67. The molecule has 0 spiro atoms. The van der Waals surface area contributed by atoms with Crippen molar-refractivity contribution in [3.05, 3.63) is 65.3 Å². The first-order valence-corrected chi connectivity index (χ1v) is 7.51. The van der Waals surface area contributed by atoms with E-state index in [2.05, 4.69) is 10.3 Å². The van der Waals surface area contributed by atoms with Crippen LogP contribution < -0.4 is 10.1 Å². The summed E-state index contributed by atoms with van der Waals surface area (Å²) in [6, 6.07) is 14.7. The Labute approximate surface area is 139 Å². The Bertz CT molecular complexity index is 865. The zero-order valence-corrected chi connectivity index (χ0v) is 13.3. The van der Waals surface area contributed by atoms with E-state index in [-0.39, 0.29) is 12.3 Å². The van der Waals surface area contributed by atoms with Gasteiger partial charge in [-0.2, -0.15) is 0 Å². The van der Waals surface area contributed by atoms with Gasteiger partial charge in [0.1, 0.15) is 5.75 Å². The lowest BCUT2D eigenvalue weighted by atomic mass is 10.1. The van der Waals surface area contributed by atoms with Gasteiger partial charge in [0.2, 0.25) is 5.91 Å². The predicted molar refractivity (Wildman–Crippen MR) is 92.1 cm³/mol. The fraction of sp³-hybridized carbons (Fsp3) is 0.111. The molecule has 1 amide bonds. The number of hydrogen-bond acceptors (Lipinski definition) is 3. The Morgan fingerprint density at radius 2 is 2.04 bits per heavy atom. The van der Waals surface area contributed by atoms with Crippen LogP contribution in [0.5, 0.6) is 5.75 Å². The molecule has 0 atom stereocenters. The molecule has 0 unspecified atom stereocenters. The zero-order valence-electron chi connectivity index (χ0n) is 12.5. The number of carbonyl (C=O) groups excluding carboxylic acids is 1. The maximum atomic E-state index is 12.3. The van der Waals surface area contributed by atoms with Crippen LogP contribution >= 0.6 is 11.6 Å². The summed E-state index contributed by atoms with van der Waals surface area (Å²) in [5.41, 5.74) is 2.13. The number of carbonyl (C=O) groups is 1. The maximum absolute atomic E-state index is 12.3. The van der Waals surface area contributed by atoms with Crippen LogP contribution in [0, 0.1) is 0 Å². The number of nitrogens with zero attached hydrogens (tertiary/aromatic N) is 1. The van der Waals surface area contributed by atoms with Crippen molar-refractivity contribution in [2.24, 2.45) is 0 Å². The summed E-state index contributed by atoms with van der Waals surface area (Å²) >= 11 is 6.10. The van der Waals surface area contributed by atoms with E-state index in [1.165, 1.54) is 0 Å². The number of halogens is 1. The minimum atomic E-state index is -0.154. The number of pyridine rings is 1. The number of methoxy groups -OCH3 is 1. The Morgan fingerprint density at radius 1 is 1.22 bits per heavy atom. The van der Waals surface area contributed by atoms with Crippen LogP contribution in [0.15, 0.2) is 54.7 Å². The lowest BCUT2D eigenvalue weighted by Gasteiger charge is -2.11. The van der Waals surface area contributed by atoms with Crippen molar-refractivity contribution in [3.8, 4) is 5.75 Å². The molecule has 1 heterocycles. The molecule has 23 heavy (non-hydrogen) atoms. The standard InChI is InChI=1S/C18H15ClN2O2/c1-23-14-9-13-6-4-8-20-18(13)16(11-14)21-17(22)10-12-5-2-3-7-15(12)19/h2-9,11H,10H2,1H3,(H,21,22). The van der Waals surface area contributed by atoms with Gasteiger partial charge in [0.25, 0.3) is 0 Å². The molecule has 116 valence electrons. The van der Waals surface area contributed by atoms with Crippen molar-refractivity contribution < 1.29 is 9.53 Å². The van der Waals surface area contributed by atoms with E-state index in [4.69, 9.17) is 16.3 Å². The maximum Gasteiger partial charge on any atom is 0.228 e. The number of amides is 1. The minimum Gasteiger partial charge on any atom is -0.497 e. The number of anilines is 1. The number of hydrogen-bond donors (Lipinski definition) is 1. The molecular weight excluding hydrogens is 312 g/mol. The van der Waals surface area contributed by atoms with Gasteiger partial charge in [-0.05, 0) is 23.8 Å². The summed E-state index contributed by atoms with van der Waals surface area (Å²) in [6.07, 6.45) is 1.89. The quantitative estimate of drug-likeness (QED) is 0.786. The van der Waals surface area contributed by atoms with Gasteiger partial charge in [-0.1, -0.05) is 35.9 Å². The van der Waals surface area contributed by atoms with E-state index in [1.807, 2.05) is 36.4 Å². The molecule has 0 bridgehead atoms. The van der Waals surface area contributed by atoms with Gasteiger partial charge >= 0.3 is 0 Å². The average Bonchev–Trinajstić information content (AvgIpc) is 2.56. The van der Waals surface area contributed by atoms with Crippen LogP contribution in [-0.2, 0) is 11.2 Å². The molecule has 0 fully saturated rings. The Kier molecular flexibility index (Phi) is 4.44. The van der Waals surface area contributed by atoms with Crippen molar-refractivity contribution in [2.45, 2.75) is 6.42 Å². The Morgan fingerprint density at radius 3 is 2.83 bits per heavy atom. The van der Waals surface area contributed by atoms with Gasteiger partial charge < -0.3 is 10.1 Å². The van der Waals surface area contributed by atoms with Gasteiger partial charge in [0.15, 0.2) is 0 Å². The van der Waals surface area contributed by atoms with Crippen molar-refractivity contribution in [1.29, 1.82) is 0 Å². The molecule has 4 nitrogen and oxygen atoms in total. The average molecular weight is 327 g/mol.